The standard InChI is InChI=1S/C18H17BrO2/c19-16-9-7-15(8-10-16)18(11-4-12-18)17(20)21-13-14-5-2-1-3-6-14/h1-3,5-10H,4,11-13H2. The van der Waals surface area contributed by atoms with Gasteiger partial charge in [0.15, 0.2) is 0 Å². The minimum atomic E-state index is -0.435. The molecule has 2 nitrogen and oxygen atoms in total. The Morgan fingerprint density at radius 1 is 1.05 bits per heavy atom. The fourth-order valence-corrected chi connectivity index (χ4v) is 3.04. The lowest BCUT2D eigenvalue weighted by atomic mass is 9.64. The number of benzene rings is 2. The predicted octanol–water partition coefficient (Wildman–Crippen LogP) is 4.61. The molecule has 0 aliphatic heterocycles. The molecule has 0 spiro atoms. The van der Waals surface area contributed by atoms with Gasteiger partial charge in [-0.15, -0.1) is 0 Å². The van der Waals surface area contributed by atoms with Crippen molar-refractivity contribution in [2.24, 2.45) is 0 Å². The molecule has 0 aromatic heterocycles. The molecule has 0 radical (unpaired) electrons. The minimum absolute atomic E-state index is 0.0973. The lowest BCUT2D eigenvalue weighted by molar-refractivity contribution is -0.155. The molecule has 0 atom stereocenters. The van der Waals surface area contributed by atoms with Gasteiger partial charge in [0.25, 0.3) is 0 Å². The molecule has 2 aromatic rings. The molecule has 1 aliphatic rings. The fraction of sp³-hybridized carbons (Fsp3) is 0.278. The quantitative estimate of drug-likeness (QED) is 0.756. The maximum absolute atomic E-state index is 12.6. The van der Waals surface area contributed by atoms with Crippen molar-refractivity contribution < 1.29 is 9.53 Å². The molecule has 0 amide bonds. The summed E-state index contributed by atoms with van der Waals surface area (Å²) in [6, 6.07) is 17.8. The summed E-state index contributed by atoms with van der Waals surface area (Å²) in [7, 11) is 0. The van der Waals surface area contributed by atoms with Crippen molar-refractivity contribution in [3.05, 3.63) is 70.2 Å². The van der Waals surface area contributed by atoms with Gasteiger partial charge in [-0.25, -0.2) is 0 Å². The topological polar surface area (TPSA) is 26.3 Å². The highest BCUT2D eigenvalue weighted by molar-refractivity contribution is 9.10. The van der Waals surface area contributed by atoms with Gasteiger partial charge in [-0.2, -0.15) is 0 Å². The number of carbonyl (C=O) groups is 1. The summed E-state index contributed by atoms with van der Waals surface area (Å²) in [5.74, 6) is -0.0973. The SMILES string of the molecule is O=C(OCc1ccccc1)C1(c2ccc(Br)cc2)CCC1. The van der Waals surface area contributed by atoms with E-state index < -0.39 is 5.41 Å². The Bertz CT molecular complexity index is 615. The van der Waals surface area contributed by atoms with Crippen molar-refractivity contribution in [2.45, 2.75) is 31.3 Å². The lowest BCUT2D eigenvalue weighted by Gasteiger charge is -2.39. The number of hydrogen-bond donors (Lipinski definition) is 0. The summed E-state index contributed by atoms with van der Waals surface area (Å²) >= 11 is 3.43. The molecular formula is C18H17BrO2. The van der Waals surface area contributed by atoms with Gasteiger partial charge in [-0.05, 0) is 36.1 Å². The average Bonchev–Trinajstić information content (AvgIpc) is 2.47. The average molecular weight is 345 g/mol. The first kappa shape index (κ1) is 14.3. The van der Waals surface area contributed by atoms with Gasteiger partial charge >= 0.3 is 5.97 Å². The van der Waals surface area contributed by atoms with Gasteiger partial charge < -0.3 is 4.74 Å². The van der Waals surface area contributed by atoms with Crippen LogP contribution in [-0.2, 0) is 21.6 Å². The number of ether oxygens (including phenoxy) is 1. The number of rotatable bonds is 4. The first-order valence-electron chi connectivity index (χ1n) is 7.18. The Morgan fingerprint density at radius 3 is 2.29 bits per heavy atom. The van der Waals surface area contributed by atoms with Gasteiger partial charge in [-0.1, -0.05) is 64.8 Å². The van der Waals surface area contributed by atoms with Crippen molar-refractivity contribution in [2.75, 3.05) is 0 Å². The van der Waals surface area contributed by atoms with E-state index in [1.54, 1.807) is 0 Å². The molecule has 21 heavy (non-hydrogen) atoms. The first-order chi connectivity index (χ1) is 10.2. The van der Waals surface area contributed by atoms with Crippen LogP contribution in [0.3, 0.4) is 0 Å². The van der Waals surface area contributed by atoms with Crippen LogP contribution < -0.4 is 0 Å². The Labute approximate surface area is 133 Å². The van der Waals surface area contributed by atoms with Gasteiger partial charge in [-0.3, -0.25) is 4.79 Å². The molecule has 1 fully saturated rings. The number of hydrogen-bond acceptors (Lipinski definition) is 2. The summed E-state index contributed by atoms with van der Waals surface area (Å²) in [5, 5.41) is 0. The van der Waals surface area contributed by atoms with Crippen molar-refractivity contribution in [1.82, 2.24) is 0 Å². The number of carbonyl (C=O) groups excluding carboxylic acids is 1. The van der Waals surface area contributed by atoms with E-state index in [4.69, 9.17) is 4.74 Å². The maximum Gasteiger partial charge on any atom is 0.316 e. The van der Waals surface area contributed by atoms with Crippen LogP contribution in [0.4, 0.5) is 0 Å². The molecule has 0 N–H and O–H groups in total. The van der Waals surface area contributed by atoms with Crippen LogP contribution in [0.15, 0.2) is 59.1 Å². The fourth-order valence-electron chi connectivity index (χ4n) is 2.77. The second kappa shape index (κ2) is 6.02. The highest BCUT2D eigenvalue weighted by Crippen LogP contribution is 2.45. The molecule has 3 rings (SSSR count). The zero-order valence-electron chi connectivity index (χ0n) is 11.7. The second-order valence-electron chi connectivity index (χ2n) is 5.50. The zero-order chi connectivity index (χ0) is 14.7. The molecule has 1 aliphatic carbocycles. The monoisotopic (exact) mass is 344 g/mol. The predicted molar refractivity (Wildman–Crippen MR) is 85.9 cm³/mol. The van der Waals surface area contributed by atoms with Crippen LogP contribution in [0.5, 0.6) is 0 Å². The molecule has 0 bridgehead atoms. The third-order valence-electron chi connectivity index (χ3n) is 4.21. The summed E-state index contributed by atoms with van der Waals surface area (Å²) < 4.78 is 6.60. The minimum Gasteiger partial charge on any atom is -0.460 e. The van der Waals surface area contributed by atoms with Crippen LogP contribution >= 0.6 is 15.9 Å². The largest absolute Gasteiger partial charge is 0.460 e. The van der Waals surface area contributed by atoms with Crippen LogP contribution in [0.1, 0.15) is 30.4 Å². The molecule has 3 heteroatoms. The third-order valence-corrected chi connectivity index (χ3v) is 4.74. The Kier molecular flexibility index (Phi) is 4.11. The Morgan fingerprint density at radius 2 is 1.71 bits per heavy atom. The normalized spacial score (nSPS) is 16.0. The van der Waals surface area contributed by atoms with E-state index in [9.17, 15) is 4.79 Å². The second-order valence-corrected chi connectivity index (χ2v) is 6.42. The van der Waals surface area contributed by atoms with Crippen LogP contribution in [-0.4, -0.2) is 5.97 Å². The van der Waals surface area contributed by atoms with Gasteiger partial charge in [0.05, 0.1) is 5.41 Å². The lowest BCUT2D eigenvalue weighted by Crippen LogP contribution is -2.43. The van der Waals surface area contributed by atoms with Gasteiger partial charge in [0.2, 0.25) is 0 Å². The summed E-state index contributed by atoms with van der Waals surface area (Å²) in [6.45, 7) is 0.345. The zero-order valence-corrected chi connectivity index (χ0v) is 13.3. The van der Waals surface area contributed by atoms with Gasteiger partial charge in [0.1, 0.15) is 6.61 Å². The van der Waals surface area contributed by atoms with E-state index in [1.165, 1.54) is 0 Å². The molecule has 1 saturated carbocycles. The highest BCUT2D eigenvalue weighted by atomic mass is 79.9. The number of halogens is 1. The molecule has 0 unspecified atom stereocenters. The van der Waals surface area contributed by atoms with Crippen molar-refractivity contribution in [3.63, 3.8) is 0 Å². The van der Waals surface area contributed by atoms with E-state index in [-0.39, 0.29) is 5.97 Å². The summed E-state index contributed by atoms with van der Waals surface area (Å²) in [6.07, 6.45) is 2.83. The van der Waals surface area contributed by atoms with Crippen molar-refractivity contribution >= 4 is 21.9 Å². The van der Waals surface area contributed by atoms with E-state index in [1.807, 2.05) is 54.6 Å². The molecule has 108 valence electrons. The number of esters is 1. The van der Waals surface area contributed by atoms with Crippen LogP contribution in [0.25, 0.3) is 0 Å². The molecule has 2 aromatic carbocycles. The maximum atomic E-state index is 12.6. The van der Waals surface area contributed by atoms with E-state index >= 15 is 0 Å². The first-order valence-corrected chi connectivity index (χ1v) is 7.97. The Hall–Kier alpha value is -1.61. The van der Waals surface area contributed by atoms with E-state index in [0.29, 0.717) is 6.61 Å². The van der Waals surface area contributed by atoms with Crippen molar-refractivity contribution in [3.8, 4) is 0 Å². The Balaban J connectivity index is 1.73. The summed E-state index contributed by atoms with van der Waals surface area (Å²) in [5.41, 5.74) is 1.65. The summed E-state index contributed by atoms with van der Waals surface area (Å²) in [4.78, 5) is 12.6. The van der Waals surface area contributed by atoms with E-state index in [0.717, 1.165) is 34.9 Å². The van der Waals surface area contributed by atoms with E-state index in [2.05, 4.69) is 15.9 Å². The van der Waals surface area contributed by atoms with Crippen LogP contribution in [0.2, 0.25) is 0 Å². The molecular weight excluding hydrogens is 328 g/mol. The highest BCUT2D eigenvalue weighted by Gasteiger charge is 2.47. The third kappa shape index (κ3) is 2.88. The smallest absolute Gasteiger partial charge is 0.316 e. The van der Waals surface area contributed by atoms with Crippen LogP contribution in [0, 0.1) is 0 Å². The molecule has 0 saturated heterocycles. The van der Waals surface area contributed by atoms with Crippen molar-refractivity contribution in [1.29, 1.82) is 0 Å². The van der Waals surface area contributed by atoms with Gasteiger partial charge in [0, 0.05) is 4.47 Å². The molecule has 0 heterocycles.